The molecule has 0 aliphatic carbocycles. The highest BCUT2D eigenvalue weighted by molar-refractivity contribution is 7.90. The fourth-order valence-electron chi connectivity index (χ4n) is 2.55. The first-order valence-corrected chi connectivity index (χ1v) is 11.3. The van der Waals surface area contributed by atoms with Crippen LogP contribution in [0.4, 0.5) is 0 Å². The topological polar surface area (TPSA) is 83.7 Å². The van der Waals surface area contributed by atoms with E-state index in [1.165, 1.54) is 11.8 Å². The first-order chi connectivity index (χ1) is 12.9. The molecule has 2 N–H and O–H groups in total. The lowest BCUT2D eigenvalue weighted by Crippen LogP contribution is -2.43. The van der Waals surface area contributed by atoms with Crippen molar-refractivity contribution in [1.82, 2.24) is 10.6 Å². The van der Waals surface area contributed by atoms with E-state index < -0.39 is 9.84 Å². The van der Waals surface area contributed by atoms with Gasteiger partial charge in [-0.05, 0) is 37.5 Å². The lowest BCUT2D eigenvalue weighted by molar-refractivity contribution is 0.510. The number of hydrogen-bond donors (Lipinski definition) is 2. The molecular formula is C20H29N3O3S. The van der Waals surface area contributed by atoms with Crippen LogP contribution in [0.1, 0.15) is 24.7 Å². The highest BCUT2D eigenvalue weighted by Gasteiger charge is 2.10. The summed E-state index contributed by atoms with van der Waals surface area (Å²) in [6, 6.07) is 14.0. The van der Waals surface area contributed by atoms with Gasteiger partial charge in [0, 0.05) is 31.8 Å². The van der Waals surface area contributed by atoms with Crippen molar-refractivity contribution in [3.8, 4) is 0 Å². The first kappa shape index (κ1) is 21.0. The Morgan fingerprint density at radius 3 is 2.59 bits per heavy atom. The van der Waals surface area contributed by atoms with Crippen molar-refractivity contribution in [3.63, 3.8) is 0 Å². The van der Waals surface area contributed by atoms with E-state index in [1.54, 1.807) is 6.26 Å². The van der Waals surface area contributed by atoms with Crippen LogP contribution in [0.25, 0.3) is 0 Å². The molecule has 6 nitrogen and oxygen atoms in total. The lowest BCUT2D eigenvalue weighted by Gasteiger charge is -2.18. The zero-order valence-electron chi connectivity index (χ0n) is 16.0. The van der Waals surface area contributed by atoms with Gasteiger partial charge in [0.15, 0.2) is 5.96 Å². The Morgan fingerprint density at radius 2 is 1.93 bits per heavy atom. The van der Waals surface area contributed by atoms with Crippen molar-refractivity contribution < 1.29 is 12.8 Å². The Labute approximate surface area is 162 Å². The molecule has 1 unspecified atom stereocenters. The molecule has 1 aromatic carbocycles. The summed E-state index contributed by atoms with van der Waals surface area (Å²) in [7, 11) is -2.97. The van der Waals surface area contributed by atoms with Gasteiger partial charge in [0.1, 0.15) is 15.6 Å². The van der Waals surface area contributed by atoms with Crippen molar-refractivity contribution >= 4 is 15.8 Å². The SMILES string of the molecule is CC(CCS(C)(=O)=O)NC(=NCCc1ccco1)NCCc1ccccc1. The minimum atomic E-state index is -2.97. The summed E-state index contributed by atoms with van der Waals surface area (Å²) in [4.78, 5) is 4.60. The van der Waals surface area contributed by atoms with E-state index in [-0.39, 0.29) is 11.8 Å². The van der Waals surface area contributed by atoms with Gasteiger partial charge in [-0.3, -0.25) is 4.99 Å². The molecule has 7 heteroatoms. The monoisotopic (exact) mass is 391 g/mol. The van der Waals surface area contributed by atoms with Gasteiger partial charge in [-0.1, -0.05) is 30.3 Å². The normalized spacial score (nSPS) is 13.3. The number of hydrogen-bond acceptors (Lipinski definition) is 4. The number of nitrogens with zero attached hydrogens (tertiary/aromatic N) is 1. The molecule has 0 radical (unpaired) electrons. The molecule has 0 fully saturated rings. The van der Waals surface area contributed by atoms with E-state index in [4.69, 9.17) is 4.42 Å². The minimum absolute atomic E-state index is 0.00585. The maximum atomic E-state index is 11.4. The molecular weight excluding hydrogens is 362 g/mol. The van der Waals surface area contributed by atoms with Gasteiger partial charge in [0.05, 0.1) is 12.0 Å². The highest BCUT2D eigenvalue weighted by atomic mass is 32.2. The average Bonchev–Trinajstić information content (AvgIpc) is 3.13. The van der Waals surface area contributed by atoms with E-state index in [1.807, 2.05) is 37.3 Å². The molecule has 0 saturated carbocycles. The van der Waals surface area contributed by atoms with Crippen LogP contribution in [0, 0.1) is 0 Å². The minimum Gasteiger partial charge on any atom is -0.469 e. The predicted octanol–water partition coefficient (Wildman–Crippen LogP) is 2.42. The molecule has 0 bridgehead atoms. The maximum absolute atomic E-state index is 11.4. The fourth-order valence-corrected chi connectivity index (χ4v) is 3.33. The summed E-state index contributed by atoms with van der Waals surface area (Å²) >= 11 is 0. The number of guanidine groups is 1. The van der Waals surface area contributed by atoms with E-state index in [2.05, 4.69) is 27.8 Å². The van der Waals surface area contributed by atoms with Crippen molar-refractivity contribution in [2.75, 3.05) is 25.1 Å². The van der Waals surface area contributed by atoms with Crippen LogP contribution in [0.5, 0.6) is 0 Å². The number of nitrogens with one attached hydrogen (secondary N) is 2. The Bertz CT molecular complexity index is 787. The average molecular weight is 392 g/mol. The van der Waals surface area contributed by atoms with Crippen molar-refractivity contribution in [2.24, 2.45) is 4.99 Å². The Hall–Kier alpha value is -2.28. The maximum Gasteiger partial charge on any atom is 0.191 e. The number of sulfone groups is 1. The van der Waals surface area contributed by atoms with Crippen LogP contribution in [0.15, 0.2) is 58.1 Å². The quantitative estimate of drug-likeness (QED) is 0.480. The van der Waals surface area contributed by atoms with Crippen LogP contribution in [0.3, 0.4) is 0 Å². The Morgan fingerprint density at radius 1 is 1.15 bits per heavy atom. The van der Waals surface area contributed by atoms with Gasteiger partial charge in [-0.15, -0.1) is 0 Å². The molecule has 2 aromatic rings. The molecule has 148 valence electrons. The van der Waals surface area contributed by atoms with Gasteiger partial charge >= 0.3 is 0 Å². The second-order valence-corrected chi connectivity index (χ2v) is 8.95. The van der Waals surface area contributed by atoms with Crippen LogP contribution in [-0.4, -0.2) is 45.5 Å². The smallest absolute Gasteiger partial charge is 0.191 e. The third-order valence-corrected chi connectivity index (χ3v) is 5.04. The molecule has 1 aromatic heterocycles. The van der Waals surface area contributed by atoms with Crippen molar-refractivity contribution in [1.29, 1.82) is 0 Å². The van der Waals surface area contributed by atoms with Crippen LogP contribution < -0.4 is 10.6 Å². The fraction of sp³-hybridized carbons (Fsp3) is 0.450. The number of aliphatic imine (C=N–C) groups is 1. The number of rotatable bonds is 10. The zero-order valence-corrected chi connectivity index (χ0v) is 16.8. The largest absolute Gasteiger partial charge is 0.469 e. The Kier molecular flexibility index (Phi) is 8.39. The first-order valence-electron chi connectivity index (χ1n) is 9.21. The van der Waals surface area contributed by atoms with Crippen molar-refractivity contribution in [3.05, 3.63) is 60.1 Å². The van der Waals surface area contributed by atoms with Gasteiger partial charge < -0.3 is 15.1 Å². The second-order valence-electron chi connectivity index (χ2n) is 6.69. The van der Waals surface area contributed by atoms with Crippen LogP contribution >= 0.6 is 0 Å². The van der Waals surface area contributed by atoms with E-state index >= 15 is 0 Å². The molecule has 1 atom stereocenters. The molecule has 0 aliphatic rings. The van der Waals surface area contributed by atoms with Crippen molar-refractivity contribution in [2.45, 2.75) is 32.2 Å². The number of benzene rings is 1. The van der Waals surface area contributed by atoms with E-state index in [9.17, 15) is 8.42 Å². The summed E-state index contributed by atoms with van der Waals surface area (Å²) in [6.45, 7) is 3.30. The van der Waals surface area contributed by atoms with E-state index in [0.717, 1.165) is 25.1 Å². The molecule has 0 saturated heterocycles. The van der Waals surface area contributed by atoms with Crippen LogP contribution in [0.2, 0.25) is 0 Å². The molecule has 0 spiro atoms. The third kappa shape index (κ3) is 9.28. The summed E-state index contributed by atoms with van der Waals surface area (Å²) in [5, 5.41) is 6.63. The van der Waals surface area contributed by atoms with Gasteiger partial charge in [0.25, 0.3) is 0 Å². The molecule has 1 heterocycles. The molecule has 27 heavy (non-hydrogen) atoms. The highest BCUT2D eigenvalue weighted by Crippen LogP contribution is 2.02. The summed E-state index contributed by atoms with van der Waals surface area (Å²) in [5.41, 5.74) is 1.25. The standard InChI is InChI=1S/C20H29N3O3S/c1-17(12-16-27(2,24)25)23-20(22-14-11-19-9-6-15-26-19)21-13-10-18-7-4-3-5-8-18/h3-9,15,17H,10-14,16H2,1-2H3,(H2,21,22,23). The van der Waals surface area contributed by atoms with Crippen LogP contribution in [-0.2, 0) is 22.7 Å². The molecule has 0 aliphatic heterocycles. The summed E-state index contributed by atoms with van der Waals surface area (Å²) in [5.74, 6) is 1.75. The summed E-state index contributed by atoms with van der Waals surface area (Å²) in [6.07, 6.45) is 5.06. The van der Waals surface area contributed by atoms with Gasteiger partial charge in [-0.25, -0.2) is 8.42 Å². The molecule has 2 rings (SSSR count). The lowest BCUT2D eigenvalue weighted by atomic mass is 10.1. The number of furan rings is 1. The zero-order chi connectivity index (χ0) is 19.5. The Balaban J connectivity index is 1.87. The van der Waals surface area contributed by atoms with Gasteiger partial charge in [-0.2, -0.15) is 0 Å². The molecule has 0 amide bonds. The third-order valence-electron chi connectivity index (χ3n) is 4.06. The second kappa shape index (κ2) is 10.8. The summed E-state index contributed by atoms with van der Waals surface area (Å²) < 4.78 is 28.1. The van der Waals surface area contributed by atoms with Gasteiger partial charge in [0.2, 0.25) is 0 Å². The van der Waals surface area contributed by atoms with E-state index in [0.29, 0.717) is 18.9 Å². The predicted molar refractivity (Wildman–Crippen MR) is 110 cm³/mol.